The van der Waals surface area contributed by atoms with Crippen molar-refractivity contribution in [1.29, 1.82) is 0 Å². The molecule has 3 rings (SSSR count). The topological polar surface area (TPSA) is 63.0 Å². The van der Waals surface area contributed by atoms with Crippen molar-refractivity contribution >= 4 is 11.8 Å². The second-order valence-electron chi connectivity index (χ2n) is 7.53. The number of hydrogen-bond donors (Lipinski definition) is 0. The van der Waals surface area contributed by atoms with E-state index in [1.54, 1.807) is 23.3 Å². The summed E-state index contributed by atoms with van der Waals surface area (Å²) >= 11 is 0. The van der Waals surface area contributed by atoms with Gasteiger partial charge in [0.15, 0.2) is 0 Å². The Hall–Kier alpha value is -2.67. The fourth-order valence-electron chi connectivity index (χ4n) is 3.40. The number of ether oxygens (including phenoxy) is 1. The van der Waals surface area contributed by atoms with Crippen LogP contribution in [0.15, 0.2) is 47.1 Å². The molecule has 1 atom stereocenters. The van der Waals surface area contributed by atoms with Crippen LogP contribution in [0.1, 0.15) is 42.8 Å². The summed E-state index contributed by atoms with van der Waals surface area (Å²) < 4.78 is 24.6. The average Bonchev–Trinajstić information content (AvgIpc) is 3.39. The molecule has 1 aromatic carbocycles. The number of carbonyl (C=O) groups excluding carboxylic acids is 2. The number of carbonyl (C=O) groups is 2. The molecule has 29 heavy (non-hydrogen) atoms. The van der Waals surface area contributed by atoms with Crippen molar-refractivity contribution in [2.24, 2.45) is 0 Å². The van der Waals surface area contributed by atoms with E-state index in [1.165, 1.54) is 23.1 Å². The quantitative estimate of drug-likeness (QED) is 0.678. The van der Waals surface area contributed by atoms with Gasteiger partial charge in [0.2, 0.25) is 5.91 Å². The van der Waals surface area contributed by atoms with E-state index in [4.69, 9.17) is 9.15 Å². The van der Waals surface area contributed by atoms with E-state index in [-0.39, 0.29) is 36.1 Å². The Kier molecular flexibility index (Phi) is 7.04. The van der Waals surface area contributed by atoms with Crippen LogP contribution in [0.2, 0.25) is 0 Å². The third kappa shape index (κ3) is 5.67. The number of amides is 2. The van der Waals surface area contributed by atoms with Crippen LogP contribution in [0.25, 0.3) is 0 Å². The van der Waals surface area contributed by atoms with E-state index in [0.717, 1.165) is 12.8 Å². The van der Waals surface area contributed by atoms with Crippen LogP contribution in [0.4, 0.5) is 4.39 Å². The van der Waals surface area contributed by atoms with Crippen molar-refractivity contribution in [3.8, 4) is 0 Å². The molecular formula is C22H27FN2O4. The van der Waals surface area contributed by atoms with Gasteiger partial charge in [-0.3, -0.25) is 9.59 Å². The average molecular weight is 402 g/mol. The molecule has 6 nitrogen and oxygen atoms in total. The van der Waals surface area contributed by atoms with Gasteiger partial charge < -0.3 is 19.0 Å². The number of nitrogens with zero attached hydrogens (tertiary/aromatic N) is 2. The molecule has 2 amide bonds. The second kappa shape index (κ2) is 9.69. The predicted molar refractivity (Wildman–Crippen MR) is 106 cm³/mol. The SMILES string of the molecule is CC(C)N(CC(=O)N(Cc1ccco1)CC1CCCO1)C(=O)c1cccc(F)c1. The van der Waals surface area contributed by atoms with E-state index >= 15 is 0 Å². The fourth-order valence-corrected chi connectivity index (χ4v) is 3.40. The van der Waals surface area contributed by atoms with Gasteiger partial charge in [-0.15, -0.1) is 0 Å². The van der Waals surface area contributed by atoms with Gasteiger partial charge >= 0.3 is 0 Å². The highest BCUT2D eigenvalue weighted by Gasteiger charge is 2.28. The molecule has 1 aliphatic heterocycles. The lowest BCUT2D eigenvalue weighted by Gasteiger charge is -2.31. The second-order valence-corrected chi connectivity index (χ2v) is 7.53. The minimum Gasteiger partial charge on any atom is -0.467 e. The third-order valence-corrected chi connectivity index (χ3v) is 4.99. The Balaban J connectivity index is 1.74. The lowest BCUT2D eigenvalue weighted by Crippen LogP contribution is -2.47. The number of rotatable bonds is 8. The first-order chi connectivity index (χ1) is 13.9. The fraction of sp³-hybridized carbons (Fsp3) is 0.455. The summed E-state index contributed by atoms with van der Waals surface area (Å²) in [5.41, 5.74) is 0.225. The molecule has 1 fully saturated rings. The Morgan fingerprint density at radius 1 is 1.24 bits per heavy atom. The highest BCUT2D eigenvalue weighted by atomic mass is 19.1. The van der Waals surface area contributed by atoms with Crippen molar-refractivity contribution in [2.75, 3.05) is 19.7 Å². The smallest absolute Gasteiger partial charge is 0.254 e. The Labute approximate surface area is 170 Å². The van der Waals surface area contributed by atoms with Crippen LogP contribution < -0.4 is 0 Å². The van der Waals surface area contributed by atoms with Crippen molar-refractivity contribution in [3.63, 3.8) is 0 Å². The van der Waals surface area contributed by atoms with Crippen molar-refractivity contribution in [1.82, 2.24) is 9.80 Å². The largest absolute Gasteiger partial charge is 0.467 e. The predicted octanol–water partition coefficient (Wildman–Crippen LogP) is 3.48. The van der Waals surface area contributed by atoms with Crippen molar-refractivity contribution < 1.29 is 23.1 Å². The minimum atomic E-state index is -0.483. The molecule has 0 saturated carbocycles. The Morgan fingerprint density at radius 2 is 2.07 bits per heavy atom. The zero-order chi connectivity index (χ0) is 20.8. The van der Waals surface area contributed by atoms with Crippen molar-refractivity contribution in [2.45, 2.75) is 45.4 Å². The van der Waals surface area contributed by atoms with Crippen LogP contribution in [-0.2, 0) is 16.1 Å². The molecule has 0 spiro atoms. The van der Waals surface area contributed by atoms with E-state index in [9.17, 15) is 14.0 Å². The summed E-state index contributed by atoms with van der Waals surface area (Å²) in [5, 5.41) is 0. The highest BCUT2D eigenvalue weighted by Crippen LogP contribution is 2.17. The molecule has 1 unspecified atom stereocenters. The summed E-state index contributed by atoms with van der Waals surface area (Å²) in [7, 11) is 0. The first-order valence-electron chi connectivity index (χ1n) is 9.92. The maximum atomic E-state index is 13.6. The maximum Gasteiger partial charge on any atom is 0.254 e. The molecule has 1 aromatic heterocycles. The Morgan fingerprint density at radius 3 is 2.69 bits per heavy atom. The monoisotopic (exact) mass is 402 g/mol. The molecule has 156 valence electrons. The van der Waals surface area contributed by atoms with E-state index < -0.39 is 5.82 Å². The van der Waals surface area contributed by atoms with Crippen LogP contribution >= 0.6 is 0 Å². The standard InChI is InChI=1S/C22H27FN2O4/c1-16(2)25(22(27)17-6-3-7-18(23)12-17)15-21(26)24(13-19-8-4-10-28-19)14-20-9-5-11-29-20/h3-4,6-8,10,12,16,20H,5,9,11,13-15H2,1-2H3. The summed E-state index contributed by atoms with van der Waals surface area (Å²) in [6, 6.07) is 8.89. The van der Waals surface area contributed by atoms with Gasteiger partial charge in [0.25, 0.3) is 5.91 Å². The van der Waals surface area contributed by atoms with Gasteiger partial charge in [-0.25, -0.2) is 4.39 Å². The van der Waals surface area contributed by atoms with Crippen LogP contribution in [-0.4, -0.2) is 53.5 Å². The lowest BCUT2D eigenvalue weighted by molar-refractivity contribution is -0.134. The third-order valence-electron chi connectivity index (χ3n) is 4.99. The number of halogens is 1. The summed E-state index contributed by atoms with van der Waals surface area (Å²) in [6.07, 6.45) is 3.43. The van der Waals surface area contributed by atoms with Gasteiger partial charge in [-0.05, 0) is 57.0 Å². The molecule has 7 heteroatoms. The zero-order valence-corrected chi connectivity index (χ0v) is 16.8. The van der Waals surface area contributed by atoms with Gasteiger partial charge in [-0.1, -0.05) is 6.07 Å². The summed E-state index contributed by atoms with van der Waals surface area (Å²) in [4.78, 5) is 29.2. The zero-order valence-electron chi connectivity index (χ0n) is 16.8. The maximum absolute atomic E-state index is 13.6. The molecule has 0 aliphatic carbocycles. The van der Waals surface area contributed by atoms with Crippen LogP contribution in [0.3, 0.4) is 0 Å². The van der Waals surface area contributed by atoms with Gasteiger partial charge in [0.1, 0.15) is 18.1 Å². The molecule has 2 heterocycles. The van der Waals surface area contributed by atoms with E-state index in [0.29, 0.717) is 25.5 Å². The summed E-state index contributed by atoms with van der Waals surface area (Å²) in [6.45, 7) is 5.03. The molecule has 1 saturated heterocycles. The Bertz CT molecular complexity index is 816. The van der Waals surface area contributed by atoms with Crippen molar-refractivity contribution in [3.05, 3.63) is 59.8 Å². The molecule has 0 N–H and O–H groups in total. The molecular weight excluding hydrogens is 375 g/mol. The number of hydrogen-bond acceptors (Lipinski definition) is 4. The lowest BCUT2D eigenvalue weighted by atomic mass is 10.1. The van der Waals surface area contributed by atoms with Gasteiger partial charge in [-0.2, -0.15) is 0 Å². The minimum absolute atomic E-state index is 0.0136. The van der Waals surface area contributed by atoms with Crippen LogP contribution in [0.5, 0.6) is 0 Å². The van der Waals surface area contributed by atoms with E-state index in [2.05, 4.69) is 0 Å². The van der Waals surface area contributed by atoms with Gasteiger partial charge in [0, 0.05) is 24.8 Å². The number of benzene rings is 1. The molecule has 1 aliphatic rings. The highest BCUT2D eigenvalue weighted by molar-refractivity contribution is 5.96. The number of furan rings is 1. The molecule has 0 radical (unpaired) electrons. The summed E-state index contributed by atoms with van der Waals surface area (Å²) in [5.74, 6) is -0.383. The van der Waals surface area contributed by atoms with Gasteiger partial charge in [0.05, 0.1) is 18.9 Å². The van der Waals surface area contributed by atoms with E-state index in [1.807, 2.05) is 19.9 Å². The molecule has 2 aromatic rings. The van der Waals surface area contributed by atoms with Crippen LogP contribution in [0, 0.1) is 5.82 Å². The molecule has 0 bridgehead atoms. The first-order valence-corrected chi connectivity index (χ1v) is 9.92. The normalized spacial score (nSPS) is 16.2. The first kappa shape index (κ1) is 21.0.